The van der Waals surface area contributed by atoms with Crippen LogP contribution in [0.1, 0.15) is 24.8 Å². The molecule has 108 valence electrons. The number of aromatic nitrogens is 2. The summed E-state index contributed by atoms with van der Waals surface area (Å²) in [5, 5.41) is 3.14. The molecule has 0 aromatic carbocycles. The molecule has 2 aromatic rings. The van der Waals surface area contributed by atoms with E-state index >= 15 is 0 Å². The Labute approximate surface area is 120 Å². The van der Waals surface area contributed by atoms with Crippen LogP contribution in [0.3, 0.4) is 0 Å². The molecule has 0 unspecified atom stereocenters. The summed E-state index contributed by atoms with van der Waals surface area (Å²) in [6.45, 7) is 6.08. The molecule has 0 saturated heterocycles. The minimum atomic E-state index is -0.733. The van der Waals surface area contributed by atoms with E-state index in [1.807, 2.05) is 6.92 Å². The number of pyridine rings is 1. The van der Waals surface area contributed by atoms with Crippen molar-refractivity contribution < 1.29 is 13.2 Å². The van der Waals surface area contributed by atoms with Crippen molar-refractivity contribution in [3.63, 3.8) is 0 Å². The Balaban J connectivity index is 2.26. The molecule has 0 aliphatic rings. The van der Waals surface area contributed by atoms with Crippen molar-refractivity contribution in [2.24, 2.45) is 0 Å². The lowest BCUT2D eigenvalue weighted by atomic mass is 10.4. The molecular weight excluding hydrogens is 284 g/mol. The number of oxazole rings is 1. The van der Waals surface area contributed by atoms with Gasteiger partial charge in [-0.05, 0) is 32.0 Å². The van der Waals surface area contributed by atoms with Gasteiger partial charge in [0.1, 0.15) is 10.8 Å². The highest BCUT2D eigenvalue weighted by molar-refractivity contribution is 7.99. The fourth-order valence-electron chi connectivity index (χ4n) is 1.46. The summed E-state index contributed by atoms with van der Waals surface area (Å²) in [6.07, 6.45) is 0.819. The Hall–Kier alpha value is -1.63. The zero-order valence-electron chi connectivity index (χ0n) is 11.5. The summed E-state index contributed by atoms with van der Waals surface area (Å²) in [4.78, 5) is 8.08. The lowest BCUT2D eigenvalue weighted by molar-refractivity contribution is 0.430. The first-order chi connectivity index (χ1) is 9.51. The van der Waals surface area contributed by atoms with Crippen LogP contribution in [-0.2, 0) is 0 Å². The smallest absolute Gasteiger partial charge is 0.262 e. The molecular formula is C13H15F2N3OS. The lowest BCUT2D eigenvalue weighted by Gasteiger charge is -2.07. The summed E-state index contributed by atoms with van der Waals surface area (Å²) in [7, 11) is 0. The van der Waals surface area contributed by atoms with Gasteiger partial charge in [0.05, 0.1) is 5.69 Å². The molecule has 0 aliphatic heterocycles. The van der Waals surface area contributed by atoms with E-state index < -0.39 is 11.6 Å². The zero-order chi connectivity index (χ0) is 14.7. The van der Waals surface area contributed by atoms with Crippen molar-refractivity contribution in [2.75, 3.05) is 11.9 Å². The van der Waals surface area contributed by atoms with Gasteiger partial charge in [-0.3, -0.25) is 0 Å². The van der Waals surface area contributed by atoms with Crippen LogP contribution in [0, 0.1) is 25.5 Å². The van der Waals surface area contributed by atoms with Gasteiger partial charge in [0, 0.05) is 12.6 Å². The number of halogens is 2. The molecule has 0 amide bonds. The van der Waals surface area contributed by atoms with Crippen molar-refractivity contribution in [1.29, 1.82) is 0 Å². The Bertz CT molecular complexity index is 596. The Morgan fingerprint density at radius 3 is 2.60 bits per heavy atom. The first kappa shape index (κ1) is 14.8. The molecule has 1 N–H and O–H groups in total. The van der Waals surface area contributed by atoms with E-state index in [4.69, 9.17) is 4.42 Å². The maximum atomic E-state index is 13.7. The minimum absolute atomic E-state index is 0.0336. The van der Waals surface area contributed by atoms with Crippen LogP contribution in [0.4, 0.5) is 14.6 Å². The second-order valence-electron chi connectivity index (χ2n) is 4.26. The Morgan fingerprint density at radius 1 is 1.25 bits per heavy atom. The van der Waals surface area contributed by atoms with Crippen LogP contribution in [0.15, 0.2) is 20.7 Å². The van der Waals surface area contributed by atoms with E-state index in [1.165, 1.54) is 0 Å². The first-order valence-corrected chi connectivity index (χ1v) is 7.04. The molecule has 0 radical (unpaired) electrons. The molecule has 0 spiro atoms. The van der Waals surface area contributed by atoms with E-state index in [9.17, 15) is 8.78 Å². The van der Waals surface area contributed by atoms with E-state index in [2.05, 4.69) is 15.3 Å². The summed E-state index contributed by atoms with van der Waals surface area (Å²) in [5.41, 5.74) is 0.736. The predicted molar refractivity (Wildman–Crippen MR) is 73.0 cm³/mol. The topological polar surface area (TPSA) is 51.0 Å². The van der Waals surface area contributed by atoms with Crippen molar-refractivity contribution in [2.45, 2.75) is 37.4 Å². The van der Waals surface area contributed by atoms with E-state index in [1.54, 1.807) is 13.8 Å². The van der Waals surface area contributed by atoms with Gasteiger partial charge in [-0.15, -0.1) is 0 Å². The van der Waals surface area contributed by atoms with E-state index in [0.717, 1.165) is 29.9 Å². The Morgan fingerprint density at radius 2 is 2.00 bits per heavy atom. The maximum absolute atomic E-state index is 13.7. The van der Waals surface area contributed by atoms with Crippen LogP contribution >= 0.6 is 11.8 Å². The monoisotopic (exact) mass is 299 g/mol. The largest absolute Gasteiger partial charge is 0.436 e. The van der Waals surface area contributed by atoms with E-state index in [0.29, 0.717) is 17.5 Å². The number of hydrogen-bond acceptors (Lipinski definition) is 5. The van der Waals surface area contributed by atoms with E-state index in [-0.39, 0.29) is 10.8 Å². The van der Waals surface area contributed by atoms with Crippen LogP contribution in [0.5, 0.6) is 0 Å². The molecule has 0 aliphatic carbocycles. The maximum Gasteiger partial charge on any atom is 0.262 e. The van der Waals surface area contributed by atoms with Crippen molar-refractivity contribution in [1.82, 2.24) is 9.97 Å². The highest BCUT2D eigenvalue weighted by Gasteiger charge is 2.16. The molecule has 0 saturated carbocycles. The average molecular weight is 299 g/mol. The second-order valence-corrected chi connectivity index (χ2v) is 5.20. The number of hydrogen-bond donors (Lipinski definition) is 1. The summed E-state index contributed by atoms with van der Waals surface area (Å²) in [5.74, 6) is -0.738. The van der Waals surface area contributed by atoms with Crippen LogP contribution < -0.4 is 5.32 Å². The highest BCUT2D eigenvalue weighted by Crippen LogP contribution is 2.30. The number of aryl methyl sites for hydroxylation is 2. The third kappa shape index (κ3) is 3.27. The van der Waals surface area contributed by atoms with Crippen molar-refractivity contribution >= 4 is 17.6 Å². The fourth-order valence-corrected chi connectivity index (χ4v) is 2.27. The fraction of sp³-hybridized carbons (Fsp3) is 0.385. The normalized spacial score (nSPS) is 10.8. The van der Waals surface area contributed by atoms with Gasteiger partial charge in [0.2, 0.25) is 0 Å². The van der Waals surface area contributed by atoms with Gasteiger partial charge in [-0.25, -0.2) is 18.7 Å². The SMILES string of the molecule is CCCNc1nc(Sc2nc(C)c(C)o2)c(F)cc1F. The van der Waals surface area contributed by atoms with Gasteiger partial charge in [0.15, 0.2) is 17.5 Å². The summed E-state index contributed by atoms with van der Waals surface area (Å²) in [6, 6.07) is 0.815. The van der Waals surface area contributed by atoms with Gasteiger partial charge in [0.25, 0.3) is 5.22 Å². The average Bonchev–Trinajstić information content (AvgIpc) is 2.70. The van der Waals surface area contributed by atoms with Crippen molar-refractivity contribution in [3.8, 4) is 0 Å². The quantitative estimate of drug-likeness (QED) is 0.906. The molecule has 7 heteroatoms. The van der Waals surface area contributed by atoms with Crippen LogP contribution in [0.2, 0.25) is 0 Å². The van der Waals surface area contributed by atoms with Gasteiger partial charge < -0.3 is 9.73 Å². The summed E-state index contributed by atoms with van der Waals surface area (Å²) < 4.78 is 32.6. The molecule has 2 heterocycles. The number of nitrogens with zero attached hydrogens (tertiary/aromatic N) is 2. The predicted octanol–water partition coefficient (Wildman–Crippen LogP) is 3.94. The lowest BCUT2D eigenvalue weighted by Crippen LogP contribution is -2.06. The van der Waals surface area contributed by atoms with Gasteiger partial charge in [-0.1, -0.05) is 6.92 Å². The zero-order valence-corrected chi connectivity index (χ0v) is 12.3. The van der Waals surface area contributed by atoms with Gasteiger partial charge >= 0.3 is 0 Å². The Kier molecular flexibility index (Phi) is 4.59. The number of nitrogens with one attached hydrogen (secondary N) is 1. The molecule has 4 nitrogen and oxygen atoms in total. The third-order valence-electron chi connectivity index (χ3n) is 2.63. The third-order valence-corrected chi connectivity index (χ3v) is 3.46. The van der Waals surface area contributed by atoms with Gasteiger partial charge in [-0.2, -0.15) is 0 Å². The minimum Gasteiger partial charge on any atom is -0.436 e. The first-order valence-electron chi connectivity index (χ1n) is 6.23. The number of anilines is 1. The summed E-state index contributed by atoms with van der Waals surface area (Å²) >= 11 is 0.935. The molecule has 0 fully saturated rings. The molecule has 2 rings (SSSR count). The molecule has 2 aromatic heterocycles. The molecule has 0 bridgehead atoms. The van der Waals surface area contributed by atoms with Crippen LogP contribution in [-0.4, -0.2) is 16.5 Å². The van der Waals surface area contributed by atoms with Crippen molar-refractivity contribution in [3.05, 3.63) is 29.2 Å². The molecule has 0 atom stereocenters. The number of rotatable bonds is 5. The van der Waals surface area contributed by atoms with Crippen LogP contribution in [0.25, 0.3) is 0 Å². The standard InChI is InChI=1S/C13H15F2N3OS/c1-4-5-16-11-9(14)6-10(15)12(18-11)20-13-17-7(2)8(3)19-13/h6H,4-5H2,1-3H3,(H,16,18). The highest BCUT2D eigenvalue weighted by atomic mass is 32.2. The second kappa shape index (κ2) is 6.21. The molecule has 20 heavy (non-hydrogen) atoms.